The molecule has 2 aliphatic rings. The molecule has 2 aliphatic heterocycles. The monoisotopic (exact) mass is 464 g/mol. The average molecular weight is 465 g/mol. The van der Waals surface area contributed by atoms with Gasteiger partial charge in [0.05, 0.1) is 23.4 Å². The highest BCUT2D eigenvalue weighted by Crippen LogP contribution is 2.34. The van der Waals surface area contributed by atoms with Crippen LogP contribution in [-0.2, 0) is 19.1 Å². The summed E-state index contributed by atoms with van der Waals surface area (Å²) in [7, 11) is 0. The fourth-order valence-corrected chi connectivity index (χ4v) is 5.05. The van der Waals surface area contributed by atoms with Gasteiger partial charge in [0, 0.05) is 44.0 Å². The number of hydrogen-bond donors (Lipinski definition) is 0. The minimum atomic E-state index is -0.298. The first-order chi connectivity index (χ1) is 14.9. The average Bonchev–Trinajstić information content (AvgIpc) is 3.33. The molecular formula is C21H25ClN4O4S. The van der Waals surface area contributed by atoms with E-state index >= 15 is 0 Å². The molecule has 3 amide bonds. The molecule has 0 saturated carbocycles. The minimum Gasteiger partial charge on any atom is -0.379 e. The van der Waals surface area contributed by atoms with Crippen LogP contribution in [0.3, 0.4) is 0 Å². The Kier molecular flexibility index (Phi) is 6.86. The van der Waals surface area contributed by atoms with Crippen LogP contribution in [0.4, 0.5) is 5.13 Å². The maximum Gasteiger partial charge on any atom is 0.248 e. The maximum atomic E-state index is 13.2. The first-order valence-corrected chi connectivity index (χ1v) is 11.6. The third-order valence-electron chi connectivity index (χ3n) is 5.68. The zero-order valence-corrected chi connectivity index (χ0v) is 19.0. The van der Waals surface area contributed by atoms with Crippen LogP contribution in [0.5, 0.6) is 0 Å². The van der Waals surface area contributed by atoms with Crippen molar-refractivity contribution in [1.82, 2.24) is 14.8 Å². The summed E-state index contributed by atoms with van der Waals surface area (Å²) in [6.45, 7) is 6.15. The molecule has 0 bridgehead atoms. The summed E-state index contributed by atoms with van der Waals surface area (Å²) in [4.78, 5) is 46.9. The van der Waals surface area contributed by atoms with E-state index in [1.165, 1.54) is 11.3 Å². The molecule has 4 rings (SSSR count). The largest absolute Gasteiger partial charge is 0.379 e. The number of fused-ring (bicyclic) bond motifs is 1. The van der Waals surface area contributed by atoms with Crippen molar-refractivity contribution in [2.75, 3.05) is 50.8 Å². The number of carbonyl (C=O) groups is 3. The predicted molar refractivity (Wildman–Crippen MR) is 120 cm³/mol. The lowest BCUT2D eigenvalue weighted by molar-refractivity contribution is -0.141. The fraction of sp³-hybridized carbons (Fsp3) is 0.524. The summed E-state index contributed by atoms with van der Waals surface area (Å²) in [6, 6.07) is 3.73. The number of imide groups is 1. The minimum absolute atomic E-state index is 0.169. The van der Waals surface area contributed by atoms with Crippen molar-refractivity contribution in [2.24, 2.45) is 0 Å². The van der Waals surface area contributed by atoms with E-state index in [0.717, 1.165) is 59.9 Å². The van der Waals surface area contributed by atoms with Gasteiger partial charge in [-0.3, -0.25) is 29.1 Å². The molecule has 2 fully saturated rings. The summed E-state index contributed by atoms with van der Waals surface area (Å²) in [5.41, 5.74) is 1.64. The zero-order chi connectivity index (χ0) is 22.0. The number of morpholine rings is 1. The van der Waals surface area contributed by atoms with Crippen molar-refractivity contribution in [3.05, 3.63) is 22.7 Å². The van der Waals surface area contributed by atoms with Crippen molar-refractivity contribution in [2.45, 2.75) is 26.2 Å². The number of halogens is 1. The maximum absolute atomic E-state index is 13.2. The van der Waals surface area contributed by atoms with Crippen LogP contribution in [0, 0.1) is 6.92 Å². The van der Waals surface area contributed by atoms with E-state index in [2.05, 4.69) is 9.88 Å². The zero-order valence-electron chi connectivity index (χ0n) is 17.4. The van der Waals surface area contributed by atoms with Crippen LogP contribution in [0.25, 0.3) is 10.2 Å². The fourth-order valence-electron chi connectivity index (χ4n) is 3.83. The Balaban J connectivity index is 1.54. The Morgan fingerprint density at radius 2 is 1.94 bits per heavy atom. The van der Waals surface area contributed by atoms with Gasteiger partial charge in [0.2, 0.25) is 17.7 Å². The molecule has 0 aliphatic carbocycles. The van der Waals surface area contributed by atoms with Crippen LogP contribution in [0.2, 0.25) is 5.02 Å². The second kappa shape index (κ2) is 9.60. The predicted octanol–water partition coefficient (Wildman–Crippen LogP) is 2.46. The van der Waals surface area contributed by atoms with E-state index in [-0.39, 0.29) is 37.1 Å². The smallest absolute Gasteiger partial charge is 0.248 e. The molecule has 3 heterocycles. The molecule has 31 heavy (non-hydrogen) atoms. The number of aryl methyl sites for hydroxylation is 1. The van der Waals surface area contributed by atoms with Crippen LogP contribution < -0.4 is 4.90 Å². The van der Waals surface area contributed by atoms with E-state index in [9.17, 15) is 14.4 Å². The first-order valence-electron chi connectivity index (χ1n) is 10.4. The third-order valence-corrected chi connectivity index (χ3v) is 7.13. The van der Waals surface area contributed by atoms with Gasteiger partial charge >= 0.3 is 0 Å². The van der Waals surface area contributed by atoms with Gasteiger partial charge in [-0.2, -0.15) is 0 Å². The number of hydrogen-bond acceptors (Lipinski definition) is 7. The standard InChI is InChI=1S/C21H25ClN4O4S/c1-14-15(22)3-4-16-20(14)23-21(31-16)25(8-2-7-24-9-11-30-12-10-24)19(29)13-26-17(27)5-6-18(26)28/h3-4H,2,5-13H2,1H3. The summed E-state index contributed by atoms with van der Waals surface area (Å²) >= 11 is 7.66. The van der Waals surface area contributed by atoms with E-state index in [1.54, 1.807) is 4.90 Å². The number of ether oxygens (including phenoxy) is 1. The molecule has 2 saturated heterocycles. The highest BCUT2D eigenvalue weighted by molar-refractivity contribution is 7.22. The summed E-state index contributed by atoms with van der Waals surface area (Å²) < 4.78 is 6.33. The van der Waals surface area contributed by atoms with E-state index in [0.29, 0.717) is 16.7 Å². The van der Waals surface area contributed by atoms with Gasteiger partial charge in [-0.1, -0.05) is 22.9 Å². The first kappa shape index (κ1) is 22.1. The molecule has 0 unspecified atom stereocenters. The summed E-state index contributed by atoms with van der Waals surface area (Å²) in [5, 5.41) is 1.19. The van der Waals surface area contributed by atoms with E-state index in [4.69, 9.17) is 16.3 Å². The van der Waals surface area contributed by atoms with Crippen molar-refractivity contribution in [1.29, 1.82) is 0 Å². The molecule has 0 atom stereocenters. The molecule has 0 radical (unpaired) electrons. The Hall–Kier alpha value is -2.07. The van der Waals surface area contributed by atoms with Crippen molar-refractivity contribution in [3.8, 4) is 0 Å². The van der Waals surface area contributed by atoms with Crippen LogP contribution in [0.1, 0.15) is 24.8 Å². The second-order valence-electron chi connectivity index (χ2n) is 7.74. The molecule has 1 aromatic carbocycles. The highest BCUT2D eigenvalue weighted by Gasteiger charge is 2.32. The molecule has 166 valence electrons. The normalized spacial score (nSPS) is 17.7. The Labute approximate surface area is 189 Å². The molecule has 0 spiro atoms. The van der Waals surface area contributed by atoms with E-state index < -0.39 is 0 Å². The quantitative estimate of drug-likeness (QED) is 0.585. The number of anilines is 1. The lowest BCUT2D eigenvalue weighted by Gasteiger charge is -2.28. The number of nitrogens with zero attached hydrogens (tertiary/aromatic N) is 4. The highest BCUT2D eigenvalue weighted by atomic mass is 35.5. The number of benzene rings is 1. The van der Waals surface area contributed by atoms with Gasteiger partial charge in [-0.05, 0) is 31.0 Å². The number of likely N-dealkylation sites (tertiary alicyclic amines) is 1. The Morgan fingerprint density at radius 1 is 1.23 bits per heavy atom. The molecule has 10 heteroatoms. The number of aromatic nitrogens is 1. The number of rotatable bonds is 7. The third kappa shape index (κ3) is 4.90. The Bertz CT molecular complexity index is 989. The second-order valence-corrected chi connectivity index (χ2v) is 9.16. The summed E-state index contributed by atoms with van der Waals surface area (Å²) in [6.07, 6.45) is 1.09. The molecular weight excluding hydrogens is 440 g/mol. The molecule has 2 aromatic rings. The van der Waals surface area contributed by atoms with Gasteiger partial charge in [0.25, 0.3) is 0 Å². The number of amides is 3. The van der Waals surface area contributed by atoms with Crippen LogP contribution in [0.15, 0.2) is 12.1 Å². The van der Waals surface area contributed by atoms with Crippen LogP contribution >= 0.6 is 22.9 Å². The van der Waals surface area contributed by atoms with Gasteiger partial charge in [-0.25, -0.2) is 4.98 Å². The molecule has 8 nitrogen and oxygen atoms in total. The van der Waals surface area contributed by atoms with Crippen molar-refractivity contribution in [3.63, 3.8) is 0 Å². The van der Waals surface area contributed by atoms with Crippen LogP contribution in [-0.4, -0.2) is 78.4 Å². The van der Waals surface area contributed by atoms with E-state index in [1.807, 2.05) is 19.1 Å². The number of thiazole rings is 1. The molecule has 1 aromatic heterocycles. The Morgan fingerprint density at radius 3 is 2.65 bits per heavy atom. The lowest BCUT2D eigenvalue weighted by Crippen LogP contribution is -2.44. The van der Waals surface area contributed by atoms with Crippen molar-refractivity contribution >= 4 is 56.0 Å². The molecule has 0 N–H and O–H groups in total. The van der Waals surface area contributed by atoms with Gasteiger partial charge < -0.3 is 4.74 Å². The topological polar surface area (TPSA) is 83.0 Å². The van der Waals surface area contributed by atoms with Crippen molar-refractivity contribution < 1.29 is 19.1 Å². The van der Waals surface area contributed by atoms with Gasteiger partial charge in [-0.15, -0.1) is 0 Å². The SMILES string of the molecule is Cc1c(Cl)ccc2sc(N(CCCN3CCOCC3)C(=O)CN3C(=O)CCC3=O)nc12. The summed E-state index contributed by atoms with van der Waals surface area (Å²) in [5.74, 6) is -0.884. The van der Waals surface area contributed by atoms with Gasteiger partial charge in [0.15, 0.2) is 5.13 Å². The number of carbonyl (C=O) groups excluding carboxylic acids is 3. The van der Waals surface area contributed by atoms with Gasteiger partial charge in [0.1, 0.15) is 6.54 Å². The lowest BCUT2D eigenvalue weighted by atomic mass is 10.2.